The van der Waals surface area contributed by atoms with Crippen molar-refractivity contribution in [2.24, 2.45) is 5.11 Å². The molecule has 0 heterocycles. The predicted octanol–water partition coefficient (Wildman–Crippen LogP) is 3.33. The van der Waals surface area contributed by atoms with Crippen LogP contribution in [0.1, 0.15) is 32.6 Å². The van der Waals surface area contributed by atoms with E-state index in [1.807, 2.05) is 12.1 Å². The number of allylic oxidation sites excluding steroid dienone is 1. The van der Waals surface area contributed by atoms with Crippen molar-refractivity contribution in [2.75, 3.05) is 6.54 Å². The summed E-state index contributed by atoms with van der Waals surface area (Å²) < 4.78 is 0. The van der Waals surface area contributed by atoms with Gasteiger partial charge in [0, 0.05) is 10.5 Å². The summed E-state index contributed by atoms with van der Waals surface area (Å²) >= 11 is 0. The van der Waals surface area contributed by atoms with E-state index in [2.05, 4.69) is 16.9 Å². The maximum absolute atomic E-state index is 8.61. The van der Waals surface area contributed by atoms with Crippen LogP contribution in [0.15, 0.2) is 16.8 Å². The average molecular weight is 178 g/mol. The molecule has 0 aromatic carbocycles. The zero-order chi connectivity index (χ0) is 9.94. The summed E-state index contributed by atoms with van der Waals surface area (Å²) in [7, 11) is 0. The van der Waals surface area contributed by atoms with E-state index in [9.17, 15) is 0 Å². The molecule has 0 spiro atoms. The van der Waals surface area contributed by atoms with Crippen molar-refractivity contribution in [3.05, 3.63) is 22.1 Å². The Morgan fingerprint density at radius 3 is 2.92 bits per heavy atom. The van der Waals surface area contributed by atoms with Gasteiger partial charge in [0.2, 0.25) is 0 Å². The largest absolute Gasteiger partial charge is 0.193 e. The Kier molecular flexibility index (Phi) is 7.67. The van der Waals surface area contributed by atoms with Crippen LogP contribution >= 0.6 is 0 Å². The highest BCUT2D eigenvalue weighted by Crippen LogP contribution is 2.03. The van der Waals surface area contributed by atoms with Crippen molar-refractivity contribution in [1.82, 2.24) is 0 Å². The average Bonchev–Trinajstić information content (AvgIpc) is 2.17. The van der Waals surface area contributed by atoms with Gasteiger partial charge < -0.3 is 0 Å². The van der Waals surface area contributed by atoms with Crippen LogP contribution in [0.3, 0.4) is 0 Å². The third-order valence-electron chi connectivity index (χ3n) is 1.65. The fourth-order valence-electron chi connectivity index (χ4n) is 0.924. The van der Waals surface area contributed by atoms with Gasteiger partial charge in [-0.1, -0.05) is 31.0 Å². The standard InChI is InChI=1S/C9H14N4/c1-2-3-4-5-6-9(7-10)8-12-13-11/h6H,2-5,8H2,1H3. The quantitative estimate of drug-likeness (QED) is 0.202. The molecule has 70 valence electrons. The topological polar surface area (TPSA) is 72.5 Å². The number of azide groups is 1. The maximum Gasteiger partial charge on any atom is 0.0945 e. The molecule has 0 aliphatic rings. The molecule has 4 heteroatoms. The molecule has 0 saturated heterocycles. The van der Waals surface area contributed by atoms with Gasteiger partial charge in [0.25, 0.3) is 0 Å². The lowest BCUT2D eigenvalue weighted by molar-refractivity contribution is 0.727. The van der Waals surface area contributed by atoms with Crippen LogP contribution in [-0.4, -0.2) is 6.54 Å². The van der Waals surface area contributed by atoms with Crippen molar-refractivity contribution in [1.29, 1.82) is 5.26 Å². The van der Waals surface area contributed by atoms with Gasteiger partial charge in [0.1, 0.15) is 0 Å². The Morgan fingerprint density at radius 2 is 2.38 bits per heavy atom. The molecule has 4 nitrogen and oxygen atoms in total. The minimum atomic E-state index is 0.180. The first-order valence-corrected chi connectivity index (χ1v) is 4.45. The number of hydrogen-bond acceptors (Lipinski definition) is 2. The van der Waals surface area contributed by atoms with Crippen LogP contribution in [0, 0.1) is 11.3 Å². The molecular weight excluding hydrogens is 164 g/mol. The van der Waals surface area contributed by atoms with E-state index in [-0.39, 0.29) is 6.54 Å². The van der Waals surface area contributed by atoms with Crippen LogP contribution < -0.4 is 0 Å². The van der Waals surface area contributed by atoms with E-state index in [0.29, 0.717) is 5.57 Å². The van der Waals surface area contributed by atoms with Crippen molar-refractivity contribution >= 4 is 0 Å². The first kappa shape index (κ1) is 11.5. The summed E-state index contributed by atoms with van der Waals surface area (Å²) in [6, 6.07) is 2.01. The summed E-state index contributed by atoms with van der Waals surface area (Å²) in [6.07, 6.45) is 6.20. The molecule has 13 heavy (non-hydrogen) atoms. The Morgan fingerprint density at radius 1 is 1.62 bits per heavy atom. The lowest BCUT2D eigenvalue weighted by Gasteiger charge is -1.93. The van der Waals surface area contributed by atoms with Crippen molar-refractivity contribution in [2.45, 2.75) is 32.6 Å². The first-order chi connectivity index (χ1) is 6.35. The number of unbranched alkanes of at least 4 members (excludes halogenated alkanes) is 3. The summed E-state index contributed by atoms with van der Waals surface area (Å²) in [5.74, 6) is 0. The molecular formula is C9H14N4. The summed E-state index contributed by atoms with van der Waals surface area (Å²) in [4.78, 5) is 2.60. The SMILES string of the molecule is CCCCCC=C(C#N)CN=[N+]=[N-]. The van der Waals surface area contributed by atoms with E-state index in [1.54, 1.807) is 0 Å². The Labute approximate surface area is 78.5 Å². The minimum absolute atomic E-state index is 0.180. The molecule has 0 N–H and O–H groups in total. The number of nitriles is 1. The molecule has 0 bridgehead atoms. The molecule has 0 fully saturated rings. The maximum atomic E-state index is 8.61. The highest BCUT2D eigenvalue weighted by atomic mass is 15.1. The fourth-order valence-corrected chi connectivity index (χ4v) is 0.924. The Bertz CT molecular complexity index is 243. The molecule has 0 radical (unpaired) electrons. The van der Waals surface area contributed by atoms with Gasteiger partial charge in [-0.25, -0.2) is 0 Å². The smallest absolute Gasteiger partial charge is 0.0945 e. The van der Waals surface area contributed by atoms with Gasteiger partial charge in [0.05, 0.1) is 12.6 Å². The third-order valence-corrected chi connectivity index (χ3v) is 1.65. The van der Waals surface area contributed by atoms with Gasteiger partial charge >= 0.3 is 0 Å². The van der Waals surface area contributed by atoms with Crippen LogP contribution in [-0.2, 0) is 0 Å². The molecule has 0 rings (SSSR count). The lowest BCUT2D eigenvalue weighted by Crippen LogP contribution is -1.83. The molecule has 0 aromatic rings. The summed E-state index contributed by atoms with van der Waals surface area (Å²) in [5, 5.41) is 11.9. The fraction of sp³-hybridized carbons (Fsp3) is 0.667. The normalized spacial score (nSPS) is 10.3. The second kappa shape index (κ2) is 8.63. The van der Waals surface area contributed by atoms with Crippen molar-refractivity contribution in [3.63, 3.8) is 0 Å². The lowest BCUT2D eigenvalue weighted by atomic mass is 10.1. The first-order valence-electron chi connectivity index (χ1n) is 4.45. The monoisotopic (exact) mass is 178 g/mol. The van der Waals surface area contributed by atoms with E-state index in [1.165, 1.54) is 12.8 Å². The minimum Gasteiger partial charge on any atom is -0.193 e. The molecule has 0 aromatic heterocycles. The summed E-state index contributed by atoms with van der Waals surface area (Å²) in [5.41, 5.74) is 8.61. The Balaban J connectivity index is 3.80. The molecule has 0 atom stereocenters. The van der Waals surface area contributed by atoms with E-state index in [0.717, 1.165) is 12.8 Å². The second-order valence-corrected chi connectivity index (χ2v) is 2.73. The molecule has 0 saturated carbocycles. The number of hydrogen-bond donors (Lipinski definition) is 0. The van der Waals surface area contributed by atoms with E-state index in [4.69, 9.17) is 10.8 Å². The highest BCUT2D eigenvalue weighted by Gasteiger charge is 1.91. The van der Waals surface area contributed by atoms with E-state index >= 15 is 0 Å². The highest BCUT2D eigenvalue weighted by molar-refractivity contribution is 5.21. The third kappa shape index (κ3) is 6.92. The summed E-state index contributed by atoms with van der Waals surface area (Å²) in [6.45, 7) is 2.31. The van der Waals surface area contributed by atoms with E-state index < -0.39 is 0 Å². The van der Waals surface area contributed by atoms with Crippen molar-refractivity contribution in [3.8, 4) is 6.07 Å². The van der Waals surface area contributed by atoms with Crippen LogP contribution in [0.4, 0.5) is 0 Å². The van der Waals surface area contributed by atoms with Gasteiger partial charge in [-0.2, -0.15) is 5.26 Å². The second-order valence-electron chi connectivity index (χ2n) is 2.73. The van der Waals surface area contributed by atoms with Crippen LogP contribution in [0.25, 0.3) is 10.4 Å². The zero-order valence-electron chi connectivity index (χ0n) is 7.90. The molecule has 0 amide bonds. The number of nitrogens with zero attached hydrogens (tertiary/aromatic N) is 4. The van der Waals surface area contributed by atoms with Gasteiger partial charge in [-0.15, -0.1) is 0 Å². The number of rotatable bonds is 6. The predicted molar refractivity (Wildman–Crippen MR) is 51.9 cm³/mol. The van der Waals surface area contributed by atoms with Crippen LogP contribution in [0.2, 0.25) is 0 Å². The van der Waals surface area contributed by atoms with Crippen molar-refractivity contribution < 1.29 is 0 Å². The van der Waals surface area contributed by atoms with Gasteiger partial charge in [-0.3, -0.25) is 0 Å². The molecule has 0 aliphatic carbocycles. The zero-order valence-corrected chi connectivity index (χ0v) is 7.90. The van der Waals surface area contributed by atoms with Gasteiger partial charge in [0.15, 0.2) is 0 Å². The molecule has 0 aliphatic heterocycles. The Hall–Kier alpha value is -1.46. The molecule has 0 unspecified atom stereocenters. The van der Waals surface area contributed by atoms with Crippen LogP contribution in [0.5, 0.6) is 0 Å². The van der Waals surface area contributed by atoms with Gasteiger partial charge in [-0.05, 0) is 18.4 Å².